The molecule has 1 N–H and O–H groups in total. The van der Waals surface area contributed by atoms with E-state index < -0.39 is 0 Å². The Kier molecular flexibility index (Phi) is 7.31. The lowest BCUT2D eigenvalue weighted by atomic mass is 9.99. The molecule has 150 valence electrons. The van der Waals surface area contributed by atoms with Crippen LogP contribution in [0.25, 0.3) is 0 Å². The second-order valence-electron chi connectivity index (χ2n) is 7.47. The summed E-state index contributed by atoms with van der Waals surface area (Å²) < 4.78 is 10.8. The smallest absolute Gasteiger partial charge is 0.258 e. The highest BCUT2D eigenvalue weighted by Gasteiger charge is 2.17. The molecular formula is C23H30N2O3. The quantitative estimate of drug-likeness (QED) is 0.758. The maximum atomic E-state index is 12.2. The zero-order valence-electron chi connectivity index (χ0n) is 16.8. The number of likely N-dealkylation sites (tertiary alicyclic amines) is 1. The molecule has 1 unspecified atom stereocenters. The highest BCUT2D eigenvalue weighted by molar-refractivity contribution is 5.77. The van der Waals surface area contributed by atoms with Crippen molar-refractivity contribution in [2.24, 2.45) is 5.92 Å². The summed E-state index contributed by atoms with van der Waals surface area (Å²) in [5, 5.41) is 2.97. The molecule has 1 aliphatic heterocycles. The summed E-state index contributed by atoms with van der Waals surface area (Å²) in [5.41, 5.74) is 2.44. The Labute approximate surface area is 167 Å². The Morgan fingerprint density at radius 3 is 2.57 bits per heavy atom. The van der Waals surface area contributed by atoms with Gasteiger partial charge in [-0.1, -0.05) is 43.3 Å². The largest absolute Gasteiger partial charge is 0.493 e. The molecule has 0 bridgehead atoms. The number of hydrogen-bond acceptors (Lipinski definition) is 4. The van der Waals surface area contributed by atoms with Crippen molar-refractivity contribution in [3.8, 4) is 11.5 Å². The monoisotopic (exact) mass is 382 g/mol. The number of nitrogens with one attached hydrogen (secondary N) is 1. The van der Waals surface area contributed by atoms with Crippen LogP contribution in [0.5, 0.6) is 11.5 Å². The number of methoxy groups -OCH3 is 1. The Balaban J connectivity index is 1.52. The average molecular weight is 383 g/mol. The van der Waals surface area contributed by atoms with Crippen molar-refractivity contribution in [2.75, 3.05) is 26.8 Å². The molecule has 0 spiro atoms. The minimum absolute atomic E-state index is 0.0355. The predicted octanol–water partition coefficient (Wildman–Crippen LogP) is 3.62. The Morgan fingerprint density at radius 1 is 1.11 bits per heavy atom. The first-order chi connectivity index (χ1) is 13.7. The number of para-hydroxylation sites is 2. The lowest BCUT2D eigenvalue weighted by molar-refractivity contribution is -0.123. The first-order valence-corrected chi connectivity index (χ1v) is 9.97. The molecule has 1 atom stereocenters. The van der Waals surface area contributed by atoms with Crippen molar-refractivity contribution >= 4 is 5.91 Å². The van der Waals surface area contributed by atoms with Crippen molar-refractivity contribution in [3.05, 3.63) is 59.7 Å². The zero-order valence-corrected chi connectivity index (χ0v) is 16.8. The van der Waals surface area contributed by atoms with Crippen LogP contribution in [0.1, 0.15) is 30.9 Å². The Bertz CT molecular complexity index is 778. The molecule has 0 saturated carbocycles. The fourth-order valence-corrected chi connectivity index (χ4v) is 3.68. The number of carbonyl (C=O) groups excluding carboxylic acids is 1. The van der Waals surface area contributed by atoms with Gasteiger partial charge in [0.15, 0.2) is 18.1 Å². The number of carbonyl (C=O) groups is 1. The standard InChI is InChI=1S/C23H30N2O3/c1-18-8-7-13-25(15-18)16-20-10-4-3-9-19(20)14-24-23(26)17-28-22-12-6-5-11-21(22)27-2/h3-6,9-12,18H,7-8,13-17H2,1-2H3,(H,24,26). The molecule has 1 aliphatic rings. The molecule has 1 fully saturated rings. The number of piperidine rings is 1. The van der Waals surface area contributed by atoms with Crippen molar-refractivity contribution in [1.29, 1.82) is 0 Å². The van der Waals surface area contributed by atoms with E-state index in [0.717, 1.165) is 31.1 Å². The predicted molar refractivity (Wildman–Crippen MR) is 110 cm³/mol. The fourth-order valence-electron chi connectivity index (χ4n) is 3.68. The number of hydrogen-bond donors (Lipinski definition) is 1. The summed E-state index contributed by atoms with van der Waals surface area (Å²) >= 11 is 0. The minimum atomic E-state index is -0.146. The molecule has 0 aliphatic carbocycles. The van der Waals surface area contributed by atoms with E-state index in [1.54, 1.807) is 13.2 Å². The highest BCUT2D eigenvalue weighted by Crippen LogP contribution is 2.25. The van der Waals surface area contributed by atoms with Gasteiger partial charge in [0.05, 0.1) is 7.11 Å². The molecule has 1 heterocycles. The summed E-state index contributed by atoms with van der Waals surface area (Å²) in [6, 6.07) is 15.7. The molecule has 2 aromatic carbocycles. The molecule has 2 aromatic rings. The first-order valence-electron chi connectivity index (χ1n) is 9.97. The van der Waals surface area contributed by atoms with Crippen molar-refractivity contribution < 1.29 is 14.3 Å². The van der Waals surface area contributed by atoms with Crippen LogP contribution in [0, 0.1) is 5.92 Å². The zero-order chi connectivity index (χ0) is 19.8. The van der Waals surface area contributed by atoms with E-state index in [1.807, 2.05) is 24.3 Å². The third kappa shape index (κ3) is 5.73. The summed E-state index contributed by atoms with van der Waals surface area (Å²) in [6.07, 6.45) is 2.58. The van der Waals surface area contributed by atoms with Gasteiger partial charge in [0.25, 0.3) is 5.91 Å². The van der Waals surface area contributed by atoms with Gasteiger partial charge in [-0.15, -0.1) is 0 Å². The molecule has 0 radical (unpaired) electrons. The van der Waals surface area contributed by atoms with Crippen LogP contribution in [0.4, 0.5) is 0 Å². The molecule has 28 heavy (non-hydrogen) atoms. The van der Waals surface area contributed by atoms with Gasteiger partial charge >= 0.3 is 0 Å². The Hall–Kier alpha value is -2.53. The van der Waals surface area contributed by atoms with E-state index in [2.05, 4.69) is 35.3 Å². The summed E-state index contributed by atoms with van der Waals surface area (Å²) in [4.78, 5) is 14.8. The topological polar surface area (TPSA) is 50.8 Å². The average Bonchev–Trinajstić information content (AvgIpc) is 2.72. The molecule has 0 aromatic heterocycles. The highest BCUT2D eigenvalue weighted by atomic mass is 16.5. The van der Waals surface area contributed by atoms with Crippen LogP contribution < -0.4 is 14.8 Å². The third-order valence-corrected chi connectivity index (χ3v) is 5.16. The van der Waals surface area contributed by atoms with Crippen molar-refractivity contribution in [3.63, 3.8) is 0 Å². The number of rotatable bonds is 8. The number of nitrogens with zero attached hydrogens (tertiary/aromatic N) is 1. The molecule has 5 nitrogen and oxygen atoms in total. The minimum Gasteiger partial charge on any atom is -0.493 e. The van der Waals surface area contributed by atoms with Crippen LogP contribution in [-0.2, 0) is 17.9 Å². The summed E-state index contributed by atoms with van der Waals surface area (Å²) in [7, 11) is 1.59. The van der Waals surface area contributed by atoms with Crippen LogP contribution in [0.3, 0.4) is 0 Å². The molecule has 1 saturated heterocycles. The van der Waals surface area contributed by atoms with E-state index in [9.17, 15) is 4.79 Å². The van der Waals surface area contributed by atoms with Crippen molar-refractivity contribution in [1.82, 2.24) is 10.2 Å². The van der Waals surface area contributed by atoms with Crippen molar-refractivity contribution in [2.45, 2.75) is 32.9 Å². The van der Waals surface area contributed by atoms with E-state index in [0.29, 0.717) is 18.0 Å². The van der Waals surface area contributed by atoms with Crippen LogP contribution in [0.2, 0.25) is 0 Å². The van der Waals surface area contributed by atoms with Gasteiger partial charge in [-0.05, 0) is 48.6 Å². The number of ether oxygens (including phenoxy) is 2. The molecule has 5 heteroatoms. The van der Waals surface area contributed by atoms with E-state index in [-0.39, 0.29) is 12.5 Å². The lowest BCUT2D eigenvalue weighted by Crippen LogP contribution is -2.34. The number of amides is 1. The maximum Gasteiger partial charge on any atom is 0.258 e. The van der Waals surface area contributed by atoms with E-state index in [4.69, 9.17) is 9.47 Å². The molecular weight excluding hydrogens is 352 g/mol. The maximum absolute atomic E-state index is 12.2. The van der Waals surface area contributed by atoms with Crippen LogP contribution in [-0.4, -0.2) is 37.6 Å². The second-order valence-corrected chi connectivity index (χ2v) is 7.47. The van der Waals surface area contributed by atoms with Gasteiger partial charge in [0.1, 0.15) is 0 Å². The van der Waals surface area contributed by atoms with E-state index in [1.165, 1.54) is 18.4 Å². The summed E-state index contributed by atoms with van der Waals surface area (Å²) in [6.45, 7) is 6.03. The van der Waals surface area contributed by atoms with Gasteiger partial charge in [0.2, 0.25) is 0 Å². The second kappa shape index (κ2) is 10.1. The lowest BCUT2D eigenvalue weighted by Gasteiger charge is -2.31. The summed E-state index contributed by atoms with van der Waals surface area (Å²) in [5.74, 6) is 1.80. The SMILES string of the molecule is COc1ccccc1OCC(=O)NCc1ccccc1CN1CCCC(C)C1. The molecule has 3 rings (SSSR count). The first kappa shape index (κ1) is 20.2. The van der Waals surface area contributed by atoms with Crippen LogP contribution >= 0.6 is 0 Å². The molecule has 1 amide bonds. The Morgan fingerprint density at radius 2 is 1.82 bits per heavy atom. The van der Waals surface area contributed by atoms with Gasteiger partial charge < -0.3 is 14.8 Å². The normalized spacial score (nSPS) is 17.1. The van der Waals surface area contributed by atoms with Gasteiger partial charge in [-0.3, -0.25) is 9.69 Å². The van der Waals surface area contributed by atoms with Gasteiger partial charge in [-0.2, -0.15) is 0 Å². The third-order valence-electron chi connectivity index (χ3n) is 5.16. The van der Waals surface area contributed by atoms with E-state index >= 15 is 0 Å². The van der Waals surface area contributed by atoms with Crippen LogP contribution in [0.15, 0.2) is 48.5 Å². The fraction of sp³-hybridized carbons (Fsp3) is 0.435. The van der Waals surface area contributed by atoms with Gasteiger partial charge in [-0.25, -0.2) is 0 Å². The van der Waals surface area contributed by atoms with Gasteiger partial charge in [0, 0.05) is 19.6 Å². The number of benzene rings is 2.